The van der Waals surface area contributed by atoms with Gasteiger partial charge in [-0.3, -0.25) is 9.19 Å². The van der Waals surface area contributed by atoms with E-state index in [0.717, 1.165) is 9.54 Å². The maximum Gasteiger partial charge on any atom is 0.341 e. The Kier molecular flexibility index (Phi) is 9.78. The maximum atomic E-state index is 13.8. The summed E-state index contributed by atoms with van der Waals surface area (Å²) in [5.74, 6) is -0.00333. The van der Waals surface area contributed by atoms with Crippen molar-refractivity contribution < 1.29 is 36.7 Å². The fourth-order valence-corrected chi connectivity index (χ4v) is 6.93. The van der Waals surface area contributed by atoms with Crippen LogP contribution in [-0.4, -0.2) is 88.0 Å². The molecule has 2 aromatic carbocycles. The third-order valence-corrected chi connectivity index (χ3v) is 8.79. The van der Waals surface area contributed by atoms with E-state index in [1.807, 2.05) is 6.92 Å². The van der Waals surface area contributed by atoms with Crippen LogP contribution in [0.4, 0.5) is 0 Å². The molecule has 0 bridgehead atoms. The number of aryl methyl sites for hydroxylation is 1. The summed E-state index contributed by atoms with van der Waals surface area (Å²) in [5.41, 5.74) is 2.50. The predicted molar refractivity (Wildman–Crippen MR) is 145 cm³/mol. The number of ether oxygens (including phenoxy) is 3. The van der Waals surface area contributed by atoms with E-state index in [2.05, 4.69) is 9.97 Å². The minimum Gasteiger partial charge on any atom is -0.497 e. The van der Waals surface area contributed by atoms with E-state index in [1.54, 1.807) is 25.3 Å². The Balaban J connectivity index is 0.00000420. The van der Waals surface area contributed by atoms with Crippen LogP contribution in [0.15, 0.2) is 58.7 Å². The zero-order valence-corrected chi connectivity index (χ0v) is 25.6. The summed E-state index contributed by atoms with van der Waals surface area (Å²) in [6.07, 6.45) is 1.61. The minimum absolute atomic E-state index is 0. The summed E-state index contributed by atoms with van der Waals surface area (Å²) in [4.78, 5) is 19.4. The van der Waals surface area contributed by atoms with Gasteiger partial charge < -0.3 is 19.3 Å². The molecule has 1 radical (unpaired) electrons. The van der Waals surface area contributed by atoms with E-state index in [0.29, 0.717) is 22.8 Å². The smallest absolute Gasteiger partial charge is 0.341 e. The molecule has 0 aliphatic rings. The van der Waals surface area contributed by atoms with Crippen LogP contribution >= 0.6 is 0 Å². The van der Waals surface area contributed by atoms with Gasteiger partial charge in [0.25, 0.3) is 10.0 Å². The fourth-order valence-electron chi connectivity index (χ4n) is 3.88. The number of hydrogen-bond donors (Lipinski definition) is 1. The number of aromatic nitrogens is 3. The van der Waals surface area contributed by atoms with E-state index in [4.69, 9.17) is 19.3 Å². The number of fused-ring (bicyclic) bond motifs is 1. The predicted octanol–water partition coefficient (Wildman–Crippen LogP) is 2.69. The summed E-state index contributed by atoms with van der Waals surface area (Å²) in [6, 6.07) is 9.94. The Hall–Kier alpha value is -2.97. The van der Waals surface area contributed by atoms with E-state index in [1.165, 1.54) is 44.6 Å². The third kappa shape index (κ3) is 6.28. The van der Waals surface area contributed by atoms with Gasteiger partial charge >= 0.3 is 5.97 Å². The van der Waals surface area contributed by atoms with Gasteiger partial charge in [0, 0.05) is 52.9 Å². The second-order valence-corrected chi connectivity index (χ2v) is 11.3. The largest absolute Gasteiger partial charge is 0.497 e. The number of hydrogen-bond acceptors (Lipinski definition) is 9. The van der Waals surface area contributed by atoms with Crippen LogP contribution in [0.25, 0.3) is 11.0 Å². The van der Waals surface area contributed by atoms with Gasteiger partial charge in [-0.05, 0) is 50.2 Å². The summed E-state index contributed by atoms with van der Waals surface area (Å²) in [5, 5.41) is 8.61. The monoisotopic (exact) mass is 582 g/mol. The van der Waals surface area contributed by atoms with Gasteiger partial charge in [0.15, 0.2) is 6.61 Å². The van der Waals surface area contributed by atoms with Crippen molar-refractivity contribution in [1.29, 1.82) is 0 Å². The number of nitrogens with zero attached hydrogens (tertiary/aromatic N) is 3. The number of pyridine rings is 1. The zero-order valence-electron chi connectivity index (χ0n) is 22.0. The number of imidazole rings is 1. The number of benzene rings is 2. The quantitative estimate of drug-likeness (QED) is 0.277. The van der Waals surface area contributed by atoms with Crippen molar-refractivity contribution in [3.05, 3.63) is 65.5 Å². The standard InChI is InChI=1S/C25H25N3O8S2.Na/c1-15-12-26-21(16(2)24(15)35-4)14-37(31)25-27-20-11-18(34-3)7-10-22(20)28(25)38(32,33)19-8-5-17(6-9-19)36-13-23(29)30;/h5-12H,13-14H2,1-4H3,(H,29,30);. The molecule has 0 aliphatic carbocycles. The Morgan fingerprint density at radius 1 is 1.05 bits per heavy atom. The molecule has 0 amide bonds. The summed E-state index contributed by atoms with van der Waals surface area (Å²) >= 11 is 0. The van der Waals surface area contributed by atoms with Crippen molar-refractivity contribution in [2.45, 2.75) is 29.7 Å². The first-order valence-corrected chi connectivity index (χ1v) is 14.0. The molecule has 0 saturated carbocycles. The Morgan fingerprint density at radius 3 is 2.33 bits per heavy atom. The molecule has 1 unspecified atom stereocenters. The molecule has 4 aromatic rings. The van der Waals surface area contributed by atoms with Crippen molar-refractivity contribution in [1.82, 2.24) is 13.9 Å². The van der Waals surface area contributed by atoms with Gasteiger partial charge in [-0.25, -0.2) is 22.2 Å². The van der Waals surface area contributed by atoms with E-state index < -0.39 is 33.4 Å². The molecule has 0 aliphatic heterocycles. The molecule has 1 N–H and O–H groups in total. The summed E-state index contributed by atoms with van der Waals surface area (Å²) < 4.78 is 58.0. The molecule has 0 fully saturated rings. The van der Waals surface area contributed by atoms with Crippen LogP contribution < -0.4 is 14.2 Å². The van der Waals surface area contributed by atoms with Gasteiger partial charge in [0.1, 0.15) is 17.2 Å². The number of methoxy groups -OCH3 is 2. The summed E-state index contributed by atoms with van der Waals surface area (Å²) in [7, 11) is -3.20. The van der Waals surface area contributed by atoms with Crippen molar-refractivity contribution >= 4 is 67.4 Å². The van der Waals surface area contributed by atoms with E-state index >= 15 is 0 Å². The Labute approximate surface area is 249 Å². The average Bonchev–Trinajstić information content (AvgIpc) is 3.29. The molecule has 14 heteroatoms. The van der Waals surface area contributed by atoms with Crippen LogP contribution in [0, 0.1) is 13.8 Å². The number of carboxylic acids is 1. The van der Waals surface area contributed by atoms with Gasteiger partial charge in [0.2, 0.25) is 5.16 Å². The Bertz CT molecular complexity index is 1650. The number of carbonyl (C=O) groups is 1. The summed E-state index contributed by atoms with van der Waals surface area (Å²) in [6.45, 7) is 3.07. The second kappa shape index (κ2) is 12.5. The first kappa shape index (κ1) is 30.6. The van der Waals surface area contributed by atoms with Crippen LogP contribution in [0.1, 0.15) is 16.8 Å². The molecule has 2 aromatic heterocycles. The molecule has 1 atom stereocenters. The topological polar surface area (TPSA) is 147 Å². The van der Waals surface area contributed by atoms with Gasteiger partial charge in [-0.2, -0.15) is 0 Å². The molecule has 2 heterocycles. The fraction of sp³-hybridized carbons (Fsp3) is 0.240. The molecule has 4 rings (SSSR count). The SMILES string of the molecule is COc1ccc2c(c1)nc(S(=O)Cc1ncc(C)c(OC)c1C)n2S(=O)(=O)c1ccc(OCC(=O)O)cc1.[Na]. The molecular formula is C25H25N3NaO8S2. The Morgan fingerprint density at radius 2 is 1.72 bits per heavy atom. The van der Waals surface area contributed by atoms with Crippen LogP contribution in [0.3, 0.4) is 0 Å². The van der Waals surface area contributed by atoms with Crippen molar-refractivity contribution in [3.8, 4) is 17.2 Å². The minimum atomic E-state index is -4.28. The van der Waals surface area contributed by atoms with Crippen LogP contribution in [0.2, 0.25) is 0 Å². The van der Waals surface area contributed by atoms with Crippen molar-refractivity contribution in [3.63, 3.8) is 0 Å². The molecule has 0 spiro atoms. The third-order valence-electron chi connectivity index (χ3n) is 5.74. The van der Waals surface area contributed by atoms with Gasteiger partial charge in [-0.15, -0.1) is 0 Å². The van der Waals surface area contributed by atoms with Crippen molar-refractivity contribution in [2.24, 2.45) is 0 Å². The van der Waals surface area contributed by atoms with Crippen molar-refractivity contribution in [2.75, 3.05) is 20.8 Å². The van der Waals surface area contributed by atoms with E-state index in [-0.39, 0.29) is 62.1 Å². The normalized spacial score (nSPS) is 12.0. The van der Waals surface area contributed by atoms with Crippen LogP contribution in [0.5, 0.6) is 17.2 Å². The molecular weight excluding hydrogens is 557 g/mol. The average molecular weight is 583 g/mol. The first-order valence-electron chi connectivity index (χ1n) is 11.2. The van der Waals surface area contributed by atoms with Gasteiger partial charge in [0.05, 0.1) is 52.4 Å². The van der Waals surface area contributed by atoms with Gasteiger partial charge in [-0.1, -0.05) is 0 Å². The zero-order chi connectivity index (χ0) is 27.6. The molecule has 201 valence electrons. The number of aliphatic carboxylic acids is 1. The molecule has 39 heavy (non-hydrogen) atoms. The first-order chi connectivity index (χ1) is 18.1. The maximum absolute atomic E-state index is 13.8. The number of carboxylic acid groups (broad SMARTS) is 1. The number of rotatable bonds is 10. The van der Waals surface area contributed by atoms with Crippen LogP contribution in [-0.2, 0) is 31.4 Å². The molecule has 0 saturated heterocycles. The molecule has 11 nitrogen and oxygen atoms in total. The van der Waals surface area contributed by atoms with E-state index in [9.17, 15) is 17.4 Å². The second-order valence-electron chi connectivity index (χ2n) is 8.21.